The summed E-state index contributed by atoms with van der Waals surface area (Å²) in [5, 5.41) is 0. The van der Waals surface area contributed by atoms with Crippen LogP contribution in [0.25, 0.3) is 10.3 Å². The van der Waals surface area contributed by atoms with Gasteiger partial charge in [0.25, 0.3) is 0 Å². The van der Waals surface area contributed by atoms with E-state index in [2.05, 4.69) is 9.97 Å². The molecule has 0 aliphatic heterocycles. The molecule has 0 aliphatic carbocycles. The van der Waals surface area contributed by atoms with Gasteiger partial charge in [-0.1, -0.05) is 41.7 Å². The van der Waals surface area contributed by atoms with Crippen molar-refractivity contribution in [2.24, 2.45) is 0 Å². The minimum Gasteiger partial charge on any atom is -0.407 e. The van der Waals surface area contributed by atoms with Gasteiger partial charge in [0.2, 0.25) is 5.88 Å². The van der Waals surface area contributed by atoms with Crippen molar-refractivity contribution in [3.63, 3.8) is 0 Å². The minimum atomic E-state index is -0.432. The number of nitrogens with one attached hydrogen (secondary N) is 1. The SMILES string of the molecule is CC(=O)Oc1nc2[nH]c(=O)sc2c(C)c1Cc1ccccc1. The topological polar surface area (TPSA) is 72.0 Å². The first kappa shape index (κ1) is 14.5. The third kappa shape index (κ3) is 2.78. The van der Waals surface area contributed by atoms with Gasteiger partial charge in [-0.25, -0.2) is 0 Å². The third-order valence-corrected chi connectivity index (χ3v) is 4.35. The Hall–Kier alpha value is -2.47. The second kappa shape index (κ2) is 5.73. The van der Waals surface area contributed by atoms with Gasteiger partial charge >= 0.3 is 10.8 Å². The summed E-state index contributed by atoms with van der Waals surface area (Å²) < 4.78 is 6.05. The van der Waals surface area contributed by atoms with Crippen LogP contribution < -0.4 is 9.61 Å². The van der Waals surface area contributed by atoms with Gasteiger partial charge < -0.3 is 4.74 Å². The molecule has 0 saturated carbocycles. The summed E-state index contributed by atoms with van der Waals surface area (Å²) in [6.45, 7) is 3.25. The molecule has 0 atom stereocenters. The van der Waals surface area contributed by atoms with Gasteiger partial charge in [0.05, 0.1) is 4.70 Å². The lowest BCUT2D eigenvalue weighted by Crippen LogP contribution is -2.08. The number of pyridine rings is 1. The highest BCUT2D eigenvalue weighted by Crippen LogP contribution is 2.30. The number of ether oxygens (including phenoxy) is 1. The number of carbonyl (C=O) groups excluding carboxylic acids is 1. The fourth-order valence-electron chi connectivity index (χ4n) is 2.35. The lowest BCUT2D eigenvalue weighted by molar-refractivity contribution is -0.132. The summed E-state index contributed by atoms with van der Waals surface area (Å²) >= 11 is 1.12. The summed E-state index contributed by atoms with van der Waals surface area (Å²) in [7, 11) is 0. The number of hydrogen-bond donors (Lipinski definition) is 1. The van der Waals surface area contributed by atoms with E-state index >= 15 is 0 Å². The Labute approximate surface area is 130 Å². The molecule has 22 heavy (non-hydrogen) atoms. The minimum absolute atomic E-state index is 0.170. The van der Waals surface area contributed by atoms with Crippen molar-refractivity contribution in [1.82, 2.24) is 9.97 Å². The van der Waals surface area contributed by atoms with E-state index in [1.54, 1.807) is 0 Å². The van der Waals surface area contributed by atoms with E-state index in [4.69, 9.17) is 4.74 Å². The van der Waals surface area contributed by atoms with Gasteiger partial charge in [0.15, 0.2) is 5.65 Å². The second-order valence-electron chi connectivity index (χ2n) is 4.97. The van der Waals surface area contributed by atoms with Crippen molar-refractivity contribution >= 4 is 27.7 Å². The van der Waals surface area contributed by atoms with Gasteiger partial charge in [-0.15, -0.1) is 0 Å². The van der Waals surface area contributed by atoms with Gasteiger partial charge in [-0.2, -0.15) is 4.98 Å². The number of rotatable bonds is 3. The van der Waals surface area contributed by atoms with E-state index in [1.165, 1.54) is 6.92 Å². The van der Waals surface area contributed by atoms with E-state index in [-0.39, 0.29) is 10.8 Å². The maximum atomic E-state index is 11.6. The van der Waals surface area contributed by atoms with Crippen molar-refractivity contribution in [2.75, 3.05) is 0 Å². The van der Waals surface area contributed by atoms with Crippen molar-refractivity contribution < 1.29 is 9.53 Å². The van der Waals surface area contributed by atoms with Crippen LogP contribution in [-0.4, -0.2) is 15.9 Å². The number of hydrogen-bond acceptors (Lipinski definition) is 5. The van der Waals surface area contributed by atoms with Crippen LogP contribution in [0.4, 0.5) is 0 Å². The molecule has 0 bridgehead atoms. The number of nitrogens with zero attached hydrogens (tertiary/aromatic N) is 1. The third-order valence-electron chi connectivity index (χ3n) is 3.36. The van der Waals surface area contributed by atoms with Crippen LogP contribution in [0.1, 0.15) is 23.6 Å². The zero-order valence-corrected chi connectivity index (χ0v) is 13.0. The van der Waals surface area contributed by atoms with Crippen LogP contribution in [0.15, 0.2) is 35.1 Å². The highest BCUT2D eigenvalue weighted by molar-refractivity contribution is 7.16. The molecular weight excluding hydrogens is 300 g/mol. The predicted molar refractivity (Wildman–Crippen MR) is 85.5 cm³/mol. The molecule has 6 heteroatoms. The van der Waals surface area contributed by atoms with Crippen molar-refractivity contribution in [3.8, 4) is 5.88 Å². The number of aryl methyl sites for hydroxylation is 1. The van der Waals surface area contributed by atoms with Crippen LogP contribution in [0.5, 0.6) is 5.88 Å². The van der Waals surface area contributed by atoms with E-state index in [1.807, 2.05) is 37.3 Å². The van der Waals surface area contributed by atoms with Gasteiger partial charge in [0, 0.05) is 18.9 Å². The summed E-state index contributed by atoms with van der Waals surface area (Å²) in [4.78, 5) is 29.7. The maximum Gasteiger partial charge on any atom is 0.309 e. The first-order chi connectivity index (χ1) is 10.5. The van der Waals surface area contributed by atoms with Crippen LogP contribution >= 0.6 is 11.3 Å². The fraction of sp³-hybridized carbons (Fsp3) is 0.188. The average Bonchev–Trinajstić information content (AvgIpc) is 2.84. The smallest absolute Gasteiger partial charge is 0.309 e. The molecule has 1 N–H and O–H groups in total. The Morgan fingerprint density at radius 2 is 2.05 bits per heavy atom. The Morgan fingerprint density at radius 1 is 1.32 bits per heavy atom. The largest absolute Gasteiger partial charge is 0.407 e. The van der Waals surface area contributed by atoms with Crippen LogP contribution in [-0.2, 0) is 11.2 Å². The number of benzene rings is 1. The molecule has 2 heterocycles. The first-order valence-corrected chi connectivity index (χ1v) is 7.61. The molecule has 112 valence electrons. The Balaban J connectivity index is 2.18. The van der Waals surface area contributed by atoms with Crippen molar-refractivity contribution in [3.05, 3.63) is 56.7 Å². The van der Waals surface area contributed by atoms with Crippen molar-refractivity contribution in [1.29, 1.82) is 0 Å². The van der Waals surface area contributed by atoms with Crippen LogP contribution in [0.3, 0.4) is 0 Å². The molecule has 0 aliphatic rings. The Bertz CT molecular complexity index is 897. The molecule has 2 aromatic heterocycles. The molecule has 1 aromatic carbocycles. The van der Waals surface area contributed by atoms with Crippen molar-refractivity contribution in [2.45, 2.75) is 20.3 Å². The Morgan fingerprint density at radius 3 is 2.73 bits per heavy atom. The number of thiazole rings is 1. The number of fused-ring (bicyclic) bond motifs is 1. The summed E-state index contributed by atoms with van der Waals surface area (Å²) in [6.07, 6.45) is 0.588. The number of aromatic amines is 1. The zero-order valence-electron chi connectivity index (χ0n) is 12.2. The monoisotopic (exact) mass is 314 g/mol. The highest BCUT2D eigenvalue weighted by Gasteiger charge is 2.17. The lowest BCUT2D eigenvalue weighted by atomic mass is 10.0. The van der Waals surface area contributed by atoms with E-state index in [0.717, 1.165) is 32.7 Å². The summed E-state index contributed by atoms with van der Waals surface area (Å²) in [5.41, 5.74) is 3.28. The Kier molecular flexibility index (Phi) is 3.77. The number of aromatic nitrogens is 2. The molecule has 0 unspecified atom stereocenters. The molecule has 0 saturated heterocycles. The number of carbonyl (C=O) groups is 1. The molecule has 5 nitrogen and oxygen atoms in total. The maximum absolute atomic E-state index is 11.6. The van der Waals surface area contributed by atoms with Crippen LogP contribution in [0, 0.1) is 6.92 Å². The summed E-state index contributed by atoms with van der Waals surface area (Å²) in [5.74, 6) is -0.173. The average molecular weight is 314 g/mol. The number of H-pyrrole nitrogens is 1. The molecule has 0 radical (unpaired) electrons. The predicted octanol–water partition coefficient (Wildman–Crippen LogP) is 2.81. The van der Waals surface area contributed by atoms with Crippen LogP contribution in [0.2, 0.25) is 0 Å². The molecule has 3 aromatic rings. The summed E-state index contributed by atoms with van der Waals surface area (Å²) in [6, 6.07) is 9.86. The first-order valence-electron chi connectivity index (χ1n) is 6.79. The molecule has 0 fully saturated rings. The highest BCUT2D eigenvalue weighted by atomic mass is 32.1. The quantitative estimate of drug-likeness (QED) is 0.755. The van der Waals surface area contributed by atoms with Gasteiger partial charge in [0.1, 0.15) is 0 Å². The molecule has 0 amide bonds. The van der Waals surface area contributed by atoms with E-state index < -0.39 is 5.97 Å². The van der Waals surface area contributed by atoms with E-state index in [0.29, 0.717) is 12.1 Å². The lowest BCUT2D eigenvalue weighted by Gasteiger charge is -2.11. The normalized spacial score (nSPS) is 10.8. The second-order valence-corrected chi connectivity index (χ2v) is 5.95. The van der Waals surface area contributed by atoms with E-state index in [9.17, 15) is 9.59 Å². The fourth-order valence-corrected chi connectivity index (χ4v) is 3.15. The van der Waals surface area contributed by atoms with Gasteiger partial charge in [-0.05, 0) is 18.1 Å². The molecule has 0 spiro atoms. The standard InChI is InChI=1S/C16H14N2O3S/c1-9-12(8-11-6-4-3-5-7-11)15(21-10(2)19)17-14-13(9)22-16(20)18-14/h3-7H,8H2,1-2H3,(H,17,18,20). The zero-order chi connectivity index (χ0) is 15.7. The number of esters is 1. The molecular formula is C16H14N2O3S. The van der Waals surface area contributed by atoms with Gasteiger partial charge in [-0.3, -0.25) is 14.6 Å². The molecule has 3 rings (SSSR count).